The minimum absolute atomic E-state index is 1.09. The van der Waals surface area contributed by atoms with Gasteiger partial charge in [0.1, 0.15) is 0 Å². The van der Waals surface area contributed by atoms with Crippen LogP contribution in [0.25, 0.3) is 0 Å². The molecule has 2 heterocycles. The van der Waals surface area contributed by atoms with Crippen LogP contribution in [0.4, 0.5) is 0 Å². The van der Waals surface area contributed by atoms with E-state index in [0.717, 1.165) is 13.1 Å². The van der Waals surface area contributed by atoms with Crippen molar-refractivity contribution in [1.29, 1.82) is 0 Å². The Morgan fingerprint density at radius 2 is 2.00 bits per heavy atom. The topological polar surface area (TPSA) is 8.17 Å². The van der Waals surface area contributed by atoms with E-state index in [2.05, 4.69) is 34.7 Å². The molecule has 1 aromatic heterocycles. The van der Waals surface area contributed by atoms with Crippen LogP contribution in [0.15, 0.2) is 18.3 Å². The molecule has 0 aromatic carbocycles. The average Bonchev–Trinajstić information content (AvgIpc) is 2.67. The van der Waals surface area contributed by atoms with Crippen LogP contribution >= 0.6 is 0 Å². The Balaban J connectivity index is 1.95. The average molecular weight is 192 g/mol. The van der Waals surface area contributed by atoms with Crippen LogP contribution in [-0.2, 0) is 13.1 Å². The van der Waals surface area contributed by atoms with Crippen molar-refractivity contribution in [3.05, 3.63) is 24.0 Å². The van der Waals surface area contributed by atoms with Gasteiger partial charge in [0.15, 0.2) is 0 Å². The van der Waals surface area contributed by atoms with Crippen LogP contribution in [-0.4, -0.2) is 22.6 Å². The standard InChI is InChI=1S/C12H20N2/c1-2-14-10-6-7-12(14)11-13-8-4-3-5-9-13/h6-7,10H,2-5,8-9,11H2,1H3. The fourth-order valence-electron chi connectivity index (χ4n) is 2.25. The van der Waals surface area contributed by atoms with Gasteiger partial charge in [-0.2, -0.15) is 0 Å². The zero-order valence-corrected chi connectivity index (χ0v) is 9.08. The van der Waals surface area contributed by atoms with Crippen LogP contribution < -0.4 is 0 Å². The Morgan fingerprint density at radius 1 is 1.21 bits per heavy atom. The largest absolute Gasteiger partial charge is 0.351 e. The summed E-state index contributed by atoms with van der Waals surface area (Å²) >= 11 is 0. The molecule has 1 fully saturated rings. The van der Waals surface area contributed by atoms with Gasteiger partial charge in [0.2, 0.25) is 0 Å². The Morgan fingerprint density at radius 3 is 2.71 bits per heavy atom. The summed E-state index contributed by atoms with van der Waals surface area (Å²) in [4.78, 5) is 2.57. The molecule has 1 aliphatic rings. The van der Waals surface area contributed by atoms with Gasteiger partial charge in [0.05, 0.1) is 0 Å². The molecule has 0 aliphatic carbocycles. The second kappa shape index (κ2) is 4.65. The van der Waals surface area contributed by atoms with Gasteiger partial charge in [-0.25, -0.2) is 0 Å². The van der Waals surface area contributed by atoms with Gasteiger partial charge < -0.3 is 4.57 Å². The molecule has 0 unspecified atom stereocenters. The molecule has 2 heteroatoms. The second-order valence-electron chi connectivity index (χ2n) is 4.12. The van der Waals surface area contributed by atoms with Gasteiger partial charge in [-0.05, 0) is 45.0 Å². The number of aryl methyl sites for hydroxylation is 1. The maximum atomic E-state index is 2.57. The molecule has 0 amide bonds. The molecule has 0 bridgehead atoms. The lowest BCUT2D eigenvalue weighted by Crippen LogP contribution is -2.29. The summed E-state index contributed by atoms with van der Waals surface area (Å²) in [5, 5.41) is 0. The van der Waals surface area contributed by atoms with Crippen molar-refractivity contribution in [3.8, 4) is 0 Å². The number of hydrogen-bond acceptors (Lipinski definition) is 1. The van der Waals surface area contributed by atoms with Crippen LogP contribution in [0.1, 0.15) is 31.9 Å². The van der Waals surface area contributed by atoms with Crippen LogP contribution in [0.2, 0.25) is 0 Å². The molecular weight excluding hydrogens is 172 g/mol. The third-order valence-electron chi connectivity index (χ3n) is 3.10. The summed E-state index contributed by atoms with van der Waals surface area (Å²) in [6.07, 6.45) is 6.37. The van der Waals surface area contributed by atoms with Crippen molar-refractivity contribution in [2.24, 2.45) is 0 Å². The van der Waals surface area contributed by atoms with Crippen molar-refractivity contribution in [3.63, 3.8) is 0 Å². The van der Waals surface area contributed by atoms with Gasteiger partial charge in [-0.1, -0.05) is 6.42 Å². The number of hydrogen-bond donors (Lipinski definition) is 0. The highest BCUT2D eigenvalue weighted by Crippen LogP contribution is 2.13. The molecule has 78 valence electrons. The Hall–Kier alpha value is -0.760. The minimum Gasteiger partial charge on any atom is -0.351 e. The molecule has 0 radical (unpaired) electrons. The zero-order valence-electron chi connectivity index (χ0n) is 9.08. The maximum Gasteiger partial charge on any atom is 0.0387 e. The lowest BCUT2D eigenvalue weighted by atomic mass is 10.1. The highest BCUT2D eigenvalue weighted by molar-refractivity contribution is 5.07. The van der Waals surface area contributed by atoms with E-state index in [9.17, 15) is 0 Å². The number of rotatable bonds is 3. The quantitative estimate of drug-likeness (QED) is 0.714. The third-order valence-corrected chi connectivity index (χ3v) is 3.10. The van der Waals surface area contributed by atoms with E-state index < -0.39 is 0 Å². The monoisotopic (exact) mass is 192 g/mol. The summed E-state index contributed by atoms with van der Waals surface area (Å²) in [5.41, 5.74) is 1.47. The summed E-state index contributed by atoms with van der Waals surface area (Å²) < 4.78 is 2.34. The molecule has 14 heavy (non-hydrogen) atoms. The molecule has 0 saturated carbocycles. The van der Waals surface area contributed by atoms with E-state index in [4.69, 9.17) is 0 Å². The van der Waals surface area contributed by atoms with E-state index in [1.165, 1.54) is 38.0 Å². The SMILES string of the molecule is CCn1cccc1CN1CCCCC1. The van der Waals surface area contributed by atoms with Gasteiger partial charge in [0, 0.05) is 25.0 Å². The van der Waals surface area contributed by atoms with E-state index in [1.807, 2.05) is 0 Å². The van der Waals surface area contributed by atoms with Gasteiger partial charge >= 0.3 is 0 Å². The van der Waals surface area contributed by atoms with E-state index in [1.54, 1.807) is 0 Å². The Labute approximate surface area is 86.5 Å². The van der Waals surface area contributed by atoms with Gasteiger partial charge in [0.25, 0.3) is 0 Å². The first-order chi connectivity index (χ1) is 6.90. The molecule has 0 N–H and O–H groups in total. The Bertz CT molecular complexity index is 272. The van der Waals surface area contributed by atoms with Crippen LogP contribution in [0.5, 0.6) is 0 Å². The number of piperidine rings is 1. The van der Waals surface area contributed by atoms with E-state index >= 15 is 0 Å². The molecule has 1 aliphatic heterocycles. The van der Waals surface area contributed by atoms with E-state index in [-0.39, 0.29) is 0 Å². The summed E-state index contributed by atoms with van der Waals surface area (Å²) in [6.45, 7) is 7.01. The Kier molecular flexibility index (Phi) is 3.25. The summed E-state index contributed by atoms with van der Waals surface area (Å²) in [7, 11) is 0. The fraction of sp³-hybridized carbons (Fsp3) is 0.667. The highest BCUT2D eigenvalue weighted by atomic mass is 15.1. The number of aromatic nitrogens is 1. The molecular formula is C12H20N2. The molecule has 2 rings (SSSR count). The van der Waals surface area contributed by atoms with Crippen LogP contribution in [0.3, 0.4) is 0 Å². The smallest absolute Gasteiger partial charge is 0.0387 e. The van der Waals surface area contributed by atoms with E-state index in [0.29, 0.717) is 0 Å². The molecule has 1 aromatic rings. The lowest BCUT2D eigenvalue weighted by Gasteiger charge is -2.26. The maximum absolute atomic E-state index is 2.57. The zero-order chi connectivity index (χ0) is 9.80. The van der Waals surface area contributed by atoms with Crippen molar-refractivity contribution in [2.45, 2.75) is 39.3 Å². The number of likely N-dealkylation sites (tertiary alicyclic amines) is 1. The predicted octanol–water partition coefficient (Wildman–Crippen LogP) is 2.49. The van der Waals surface area contributed by atoms with Crippen molar-refractivity contribution < 1.29 is 0 Å². The lowest BCUT2D eigenvalue weighted by molar-refractivity contribution is 0.216. The van der Waals surface area contributed by atoms with Crippen LogP contribution in [0, 0.1) is 0 Å². The first kappa shape index (κ1) is 9.78. The van der Waals surface area contributed by atoms with Crippen molar-refractivity contribution in [2.75, 3.05) is 13.1 Å². The molecule has 0 spiro atoms. The summed E-state index contributed by atoms with van der Waals surface area (Å²) in [6, 6.07) is 4.40. The molecule has 0 atom stereocenters. The number of nitrogens with zero attached hydrogens (tertiary/aromatic N) is 2. The first-order valence-corrected chi connectivity index (χ1v) is 5.76. The third kappa shape index (κ3) is 2.18. The first-order valence-electron chi connectivity index (χ1n) is 5.76. The summed E-state index contributed by atoms with van der Waals surface area (Å²) in [5.74, 6) is 0. The van der Waals surface area contributed by atoms with Gasteiger partial charge in [-0.3, -0.25) is 4.90 Å². The van der Waals surface area contributed by atoms with Gasteiger partial charge in [-0.15, -0.1) is 0 Å². The second-order valence-corrected chi connectivity index (χ2v) is 4.12. The molecule has 2 nitrogen and oxygen atoms in total. The minimum atomic E-state index is 1.09. The molecule has 1 saturated heterocycles. The van der Waals surface area contributed by atoms with Crippen molar-refractivity contribution in [1.82, 2.24) is 9.47 Å². The normalized spacial score (nSPS) is 18.6. The highest BCUT2D eigenvalue weighted by Gasteiger charge is 2.11. The predicted molar refractivity (Wildman–Crippen MR) is 59.2 cm³/mol. The fourth-order valence-corrected chi connectivity index (χ4v) is 2.25. The van der Waals surface area contributed by atoms with Crippen molar-refractivity contribution >= 4 is 0 Å².